The Labute approximate surface area is 109 Å². The second-order valence-electron chi connectivity index (χ2n) is 3.93. The normalized spacial score (nSPS) is 11.1. The lowest BCUT2D eigenvalue weighted by Crippen LogP contribution is -2.27. The van der Waals surface area contributed by atoms with Crippen LogP contribution in [0.4, 0.5) is 0 Å². The third-order valence-corrected chi connectivity index (χ3v) is 2.66. The van der Waals surface area contributed by atoms with Gasteiger partial charge < -0.3 is 14.2 Å². The van der Waals surface area contributed by atoms with E-state index in [1.54, 1.807) is 0 Å². The van der Waals surface area contributed by atoms with Gasteiger partial charge in [-0.2, -0.15) is 10.1 Å². The predicted molar refractivity (Wildman–Crippen MR) is 61.2 cm³/mol. The minimum Gasteiger partial charge on any atom is -0.476 e. The molecular weight excluding hydrogens is 270 g/mol. The lowest BCUT2D eigenvalue weighted by Gasteiger charge is -2.03. The third-order valence-electron chi connectivity index (χ3n) is 2.66. The van der Waals surface area contributed by atoms with Crippen molar-refractivity contribution in [1.82, 2.24) is 25.1 Å². The molecule has 0 spiro atoms. The number of hydrogen-bond acceptors (Lipinski definition) is 8. The van der Waals surface area contributed by atoms with E-state index < -0.39 is 11.5 Å². The summed E-state index contributed by atoms with van der Waals surface area (Å²) in [5.74, 6) is -0.882. The van der Waals surface area contributed by atoms with Crippen LogP contribution >= 0.6 is 0 Å². The van der Waals surface area contributed by atoms with Crippen LogP contribution in [-0.4, -0.2) is 36.2 Å². The molecule has 3 rings (SSSR count). The van der Waals surface area contributed by atoms with Crippen LogP contribution in [0.5, 0.6) is 0 Å². The topological polar surface area (TPSA) is 137 Å². The van der Waals surface area contributed by atoms with Gasteiger partial charge in [-0.3, -0.25) is 4.79 Å². The van der Waals surface area contributed by atoms with Gasteiger partial charge in [-0.25, -0.2) is 9.48 Å². The maximum absolute atomic E-state index is 12.1. The number of carboxylic acids is 1. The molecule has 10 nitrogen and oxygen atoms in total. The van der Waals surface area contributed by atoms with Crippen molar-refractivity contribution in [2.24, 2.45) is 0 Å². The van der Waals surface area contributed by atoms with Crippen LogP contribution in [0.2, 0.25) is 0 Å². The first-order valence-corrected chi connectivity index (χ1v) is 5.43. The van der Waals surface area contributed by atoms with Gasteiger partial charge in [-0.1, -0.05) is 10.3 Å². The Kier molecular flexibility index (Phi) is 2.56. The van der Waals surface area contributed by atoms with Crippen molar-refractivity contribution in [2.75, 3.05) is 0 Å². The summed E-state index contributed by atoms with van der Waals surface area (Å²) in [6.45, 7) is 1.38. The summed E-state index contributed by atoms with van der Waals surface area (Å²) in [5.41, 5.74) is -1.01. The highest BCUT2D eigenvalue weighted by Gasteiger charge is 2.22. The number of fused-ring (bicyclic) bond motifs is 1. The highest BCUT2D eigenvalue weighted by molar-refractivity contribution is 6.00. The zero-order valence-electron chi connectivity index (χ0n) is 10.1. The average Bonchev–Trinajstić information content (AvgIpc) is 3.03. The Morgan fingerprint density at radius 1 is 1.45 bits per heavy atom. The first-order chi connectivity index (χ1) is 9.58. The fraction of sp³-hybridized carbons (Fsp3) is 0.200. The smallest absolute Gasteiger partial charge is 0.357 e. The van der Waals surface area contributed by atoms with Crippen molar-refractivity contribution in [3.8, 4) is 0 Å². The van der Waals surface area contributed by atoms with E-state index in [9.17, 15) is 9.59 Å². The van der Waals surface area contributed by atoms with Crippen molar-refractivity contribution < 1.29 is 18.9 Å². The Morgan fingerprint density at radius 2 is 2.25 bits per heavy atom. The molecular formula is C10H7N5O5. The van der Waals surface area contributed by atoms with Gasteiger partial charge in [0, 0.05) is 0 Å². The van der Waals surface area contributed by atoms with E-state index in [-0.39, 0.29) is 34.7 Å². The summed E-state index contributed by atoms with van der Waals surface area (Å²) in [5, 5.41) is 20.2. The second kappa shape index (κ2) is 4.26. The molecule has 0 fully saturated rings. The molecule has 10 heteroatoms. The van der Waals surface area contributed by atoms with E-state index in [1.165, 1.54) is 6.92 Å². The maximum Gasteiger partial charge on any atom is 0.357 e. The van der Waals surface area contributed by atoms with Gasteiger partial charge in [-0.05, 0) is 6.92 Å². The number of aromatic carboxylic acids is 1. The van der Waals surface area contributed by atoms with Crippen molar-refractivity contribution in [1.29, 1.82) is 0 Å². The van der Waals surface area contributed by atoms with Crippen LogP contribution in [-0.2, 0) is 6.54 Å². The van der Waals surface area contributed by atoms with Gasteiger partial charge in [0.05, 0.1) is 5.39 Å². The standard InChI is InChI=1S/C10H7N5O5/c1-4-6-7(14-20-4)9(16)15(12-8(6)10(17)18)2-5-11-3-19-13-5/h3H,2H2,1H3,(H,17,18). The molecule has 1 N–H and O–H groups in total. The van der Waals surface area contributed by atoms with Crippen LogP contribution in [0.3, 0.4) is 0 Å². The number of aromatic nitrogens is 5. The molecule has 0 atom stereocenters. The second-order valence-corrected chi connectivity index (χ2v) is 3.93. The summed E-state index contributed by atoms with van der Waals surface area (Å²) in [6.07, 6.45) is 1.09. The van der Waals surface area contributed by atoms with Crippen LogP contribution in [0.15, 0.2) is 20.2 Å². The molecule has 3 aromatic heterocycles. The Hall–Kier alpha value is -3.04. The maximum atomic E-state index is 12.1. The largest absolute Gasteiger partial charge is 0.476 e. The predicted octanol–water partition coefficient (Wildman–Crippen LogP) is -0.178. The monoisotopic (exact) mass is 277 g/mol. The first-order valence-electron chi connectivity index (χ1n) is 5.43. The van der Waals surface area contributed by atoms with Gasteiger partial charge in [0.25, 0.3) is 5.56 Å². The summed E-state index contributed by atoms with van der Waals surface area (Å²) >= 11 is 0. The van der Waals surface area contributed by atoms with Gasteiger partial charge in [0.2, 0.25) is 6.39 Å². The molecule has 3 aromatic rings. The third kappa shape index (κ3) is 1.74. The number of aryl methyl sites for hydroxylation is 1. The van der Waals surface area contributed by atoms with E-state index in [0.29, 0.717) is 0 Å². The van der Waals surface area contributed by atoms with Gasteiger partial charge >= 0.3 is 5.97 Å². The minimum atomic E-state index is -1.29. The lowest BCUT2D eigenvalue weighted by atomic mass is 10.2. The van der Waals surface area contributed by atoms with E-state index in [1.807, 2.05) is 0 Å². The van der Waals surface area contributed by atoms with Crippen molar-refractivity contribution in [2.45, 2.75) is 13.5 Å². The summed E-state index contributed by atoms with van der Waals surface area (Å²) < 4.78 is 10.3. The molecule has 0 saturated heterocycles. The quantitative estimate of drug-likeness (QED) is 0.690. The molecule has 0 saturated carbocycles. The number of carbonyl (C=O) groups is 1. The molecule has 0 amide bonds. The molecule has 3 heterocycles. The fourth-order valence-electron chi connectivity index (χ4n) is 1.79. The molecule has 0 radical (unpaired) electrons. The number of rotatable bonds is 3. The Morgan fingerprint density at radius 3 is 2.90 bits per heavy atom. The molecule has 0 aliphatic heterocycles. The van der Waals surface area contributed by atoms with Crippen molar-refractivity contribution in [3.63, 3.8) is 0 Å². The van der Waals surface area contributed by atoms with Crippen LogP contribution < -0.4 is 5.56 Å². The lowest BCUT2D eigenvalue weighted by molar-refractivity contribution is 0.0690. The Balaban J connectivity index is 2.26. The SMILES string of the molecule is Cc1onc2c(=O)n(Cc3ncon3)nc(C(=O)O)c12. The summed E-state index contributed by atoms with van der Waals surface area (Å²) in [6, 6.07) is 0. The van der Waals surface area contributed by atoms with Gasteiger partial charge in [0.15, 0.2) is 17.0 Å². The average molecular weight is 277 g/mol. The van der Waals surface area contributed by atoms with Crippen LogP contribution in [0.1, 0.15) is 22.1 Å². The van der Waals surface area contributed by atoms with E-state index in [0.717, 1.165) is 11.1 Å². The zero-order valence-corrected chi connectivity index (χ0v) is 10.1. The van der Waals surface area contributed by atoms with E-state index in [2.05, 4.69) is 24.9 Å². The molecule has 0 bridgehead atoms. The van der Waals surface area contributed by atoms with E-state index in [4.69, 9.17) is 9.63 Å². The van der Waals surface area contributed by atoms with Crippen LogP contribution in [0, 0.1) is 6.92 Å². The highest BCUT2D eigenvalue weighted by atomic mass is 16.5. The molecule has 0 aromatic carbocycles. The Bertz CT molecular complexity index is 847. The highest BCUT2D eigenvalue weighted by Crippen LogP contribution is 2.17. The fourth-order valence-corrected chi connectivity index (χ4v) is 1.79. The summed E-state index contributed by atoms with van der Waals surface area (Å²) in [4.78, 5) is 27.1. The van der Waals surface area contributed by atoms with Crippen LogP contribution in [0.25, 0.3) is 10.9 Å². The molecule has 0 unspecified atom stereocenters. The zero-order chi connectivity index (χ0) is 14.3. The van der Waals surface area contributed by atoms with E-state index >= 15 is 0 Å². The molecule has 0 aliphatic carbocycles. The van der Waals surface area contributed by atoms with Crippen molar-refractivity contribution >= 4 is 16.9 Å². The molecule has 0 aliphatic rings. The van der Waals surface area contributed by atoms with Crippen molar-refractivity contribution in [3.05, 3.63) is 34.0 Å². The first kappa shape index (κ1) is 12.0. The number of hydrogen-bond donors (Lipinski definition) is 1. The summed E-state index contributed by atoms with van der Waals surface area (Å²) in [7, 11) is 0. The molecule has 20 heavy (non-hydrogen) atoms. The van der Waals surface area contributed by atoms with Gasteiger partial charge in [0.1, 0.15) is 12.3 Å². The number of carboxylic acid groups (broad SMARTS) is 1. The van der Waals surface area contributed by atoms with Gasteiger partial charge in [-0.15, -0.1) is 0 Å². The molecule has 102 valence electrons. The minimum absolute atomic E-state index is 0.0897. The number of nitrogens with zero attached hydrogens (tertiary/aromatic N) is 5.